The zero-order chi connectivity index (χ0) is 15.5. The third kappa shape index (κ3) is 3.90. The lowest BCUT2D eigenvalue weighted by Gasteiger charge is -2.42. The molecule has 0 unspecified atom stereocenters. The van der Waals surface area contributed by atoms with Gasteiger partial charge in [-0.1, -0.05) is 25.5 Å². The predicted molar refractivity (Wildman–Crippen MR) is 88.9 cm³/mol. The smallest absolute Gasteiger partial charge is 0.241 e. The molecule has 1 amide bonds. The molecule has 21 heavy (non-hydrogen) atoms. The van der Waals surface area contributed by atoms with Gasteiger partial charge in [0.1, 0.15) is 0 Å². The van der Waals surface area contributed by atoms with Crippen LogP contribution in [0, 0.1) is 0 Å². The molecule has 1 N–H and O–H groups in total. The summed E-state index contributed by atoms with van der Waals surface area (Å²) >= 11 is 0. The molecule has 2 rings (SSSR count). The first-order chi connectivity index (χ1) is 9.93. The Labute approximate surface area is 128 Å². The molecular formula is C17H27N3O. The zero-order valence-corrected chi connectivity index (χ0v) is 13.6. The first-order valence-corrected chi connectivity index (χ1v) is 7.79. The summed E-state index contributed by atoms with van der Waals surface area (Å²) in [6.45, 7) is 8.60. The summed E-state index contributed by atoms with van der Waals surface area (Å²) in [5.41, 5.74) is 2.20. The standard InChI is InChI=1S/C17H27N3O/c1-5-6-11-19(4)16(21)12-20-13-17(2,3)18-14-9-7-8-10-15(14)20/h7-10,18H,5-6,11-13H2,1-4H3. The highest BCUT2D eigenvalue weighted by Crippen LogP contribution is 2.33. The van der Waals surface area contributed by atoms with E-state index in [1.54, 1.807) is 0 Å². The van der Waals surface area contributed by atoms with E-state index in [0.717, 1.165) is 37.3 Å². The monoisotopic (exact) mass is 289 g/mol. The topological polar surface area (TPSA) is 35.6 Å². The lowest BCUT2D eigenvalue weighted by atomic mass is 9.99. The molecule has 0 spiro atoms. The maximum atomic E-state index is 12.4. The molecule has 1 aliphatic rings. The van der Waals surface area contributed by atoms with Crippen LogP contribution in [0.4, 0.5) is 11.4 Å². The average Bonchev–Trinajstić information content (AvgIpc) is 2.43. The number of anilines is 2. The Morgan fingerprint density at radius 2 is 2.10 bits per heavy atom. The Morgan fingerprint density at radius 1 is 1.38 bits per heavy atom. The lowest BCUT2D eigenvalue weighted by Crippen LogP contribution is -2.51. The number of unbranched alkanes of at least 4 members (excludes halogenated alkanes) is 1. The van der Waals surface area contributed by atoms with Crippen LogP contribution in [0.1, 0.15) is 33.6 Å². The predicted octanol–water partition coefficient (Wildman–Crippen LogP) is 2.96. The normalized spacial score (nSPS) is 16.1. The quantitative estimate of drug-likeness (QED) is 0.905. The summed E-state index contributed by atoms with van der Waals surface area (Å²) in [5, 5.41) is 3.54. The summed E-state index contributed by atoms with van der Waals surface area (Å²) in [4.78, 5) is 16.4. The molecule has 0 saturated heterocycles. The Bertz CT molecular complexity index is 499. The summed E-state index contributed by atoms with van der Waals surface area (Å²) in [7, 11) is 1.90. The SMILES string of the molecule is CCCCN(C)C(=O)CN1CC(C)(C)Nc2ccccc21. The van der Waals surface area contributed by atoms with E-state index < -0.39 is 0 Å². The van der Waals surface area contributed by atoms with Crippen LogP contribution in [-0.4, -0.2) is 43.0 Å². The van der Waals surface area contributed by atoms with Gasteiger partial charge in [-0.3, -0.25) is 4.79 Å². The maximum Gasteiger partial charge on any atom is 0.241 e. The minimum absolute atomic E-state index is 0.0311. The fourth-order valence-corrected chi connectivity index (χ4v) is 2.77. The van der Waals surface area contributed by atoms with Crippen LogP contribution in [0.3, 0.4) is 0 Å². The second-order valence-corrected chi connectivity index (χ2v) is 6.55. The van der Waals surface area contributed by atoms with E-state index in [4.69, 9.17) is 0 Å². The highest BCUT2D eigenvalue weighted by molar-refractivity contribution is 5.84. The molecule has 0 aliphatic carbocycles. The van der Waals surface area contributed by atoms with Gasteiger partial charge in [0.25, 0.3) is 0 Å². The van der Waals surface area contributed by atoms with Crippen molar-refractivity contribution in [3.63, 3.8) is 0 Å². The van der Waals surface area contributed by atoms with Crippen molar-refractivity contribution >= 4 is 17.3 Å². The number of benzene rings is 1. The second kappa shape index (κ2) is 6.37. The van der Waals surface area contributed by atoms with Gasteiger partial charge in [-0.25, -0.2) is 0 Å². The molecule has 1 aromatic carbocycles. The van der Waals surface area contributed by atoms with Gasteiger partial charge >= 0.3 is 0 Å². The van der Waals surface area contributed by atoms with Gasteiger partial charge in [0.2, 0.25) is 5.91 Å². The third-order valence-electron chi connectivity index (χ3n) is 3.90. The molecule has 0 fully saturated rings. The Balaban J connectivity index is 2.10. The number of carbonyl (C=O) groups is 1. The van der Waals surface area contributed by atoms with E-state index in [-0.39, 0.29) is 11.4 Å². The maximum absolute atomic E-state index is 12.4. The molecule has 1 heterocycles. The van der Waals surface area contributed by atoms with Gasteiger partial charge < -0.3 is 15.1 Å². The van der Waals surface area contributed by atoms with Gasteiger partial charge in [0.05, 0.1) is 17.9 Å². The fourth-order valence-electron chi connectivity index (χ4n) is 2.77. The van der Waals surface area contributed by atoms with Gasteiger partial charge in [0.15, 0.2) is 0 Å². The van der Waals surface area contributed by atoms with Crippen LogP contribution in [0.2, 0.25) is 0 Å². The first-order valence-electron chi connectivity index (χ1n) is 7.79. The fraction of sp³-hybridized carbons (Fsp3) is 0.588. The highest BCUT2D eigenvalue weighted by Gasteiger charge is 2.30. The number of rotatable bonds is 5. The number of likely N-dealkylation sites (N-methyl/N-ethyl adjacent to an activating group) is 1. The Hall–Kier alpha value is -1.71. The van der Waals surface area contributed by atoms with Gasteiger partial charge in [0, 0.05) is 25.7 Å². The molecule has 0 radical (unpaired) electrons. The molecule has 4 heteroatoms. The number of hydrogen-bond donors (Lipinski definition) is 1. The van der Waals surface area contributed by atoms with Crippen LogP contribution in [-0.2, 0) is 4.79 Å². The second-order valence-electron chi connectivity index (χ2n) is 6.55. The minimum atomic E-state index is -0.0311. The first kappa shape index (κ1) is 15.7. The summed E-state index contributed by atoms with van der Waals surface area (Å²) in [5.74, 6) is 0.191. The molecule has 4 nitrogen and oxygen atoms in total. The van der Waals surface area contributed by atoms with E-state index >= 15 is 0 Å². The van der Waals surface area contributed by atoms with Crippen molar-refractivity contribution in [3.05, 3.63) is 24.3 Å². The van der Waals surface area contributed by atoms with Crippen LogP contribution in [0.5, 0.6) is 0 Å². The average molecular weight is 289 g/mol. The number of carbonyl (C=O) groups excluding carboxylic acids is 1. The van der Waals surface area contributed by atoms with Crippen molar-refractivity contribution in [1.82, 2.24) is 4.90 Å². The van der Waals surface area contributed by atoms with Crippen LogP contribution in [0.15, 0.2) is 24.3 Å². The number of amides is 1. The van der Waals surface area contributed by atoms with Crippen molar-refractivity contribution < 1.29 is 4.79 Å². The molecule has 0 aromatic heterocycles. The number of nitrogens with one attached hydrogen (secondary N) is 1. The van der Waals surface area contributed by atoms with Gasteiger partial charge in [-0.2, -0.15) is 0 Å². The van der Waals surface area contributed by atoms with E-state index in [0.29, 0.717) is 6.54 Å². The van der Waals surface area contributed by atoms with Crippen LogP contribution in [0.25, 0.3) is 0 Å². The van der Waals surface area contributed by atoms with E-state index in [9.17, 15) is 4.79 Å². The molecule has 0 bridgehead atoms. The molecule has 0 atom stereocenters. The Kier molecular flexibility index (Phi) is 4.76. The summed E-state index contributed by atoms with van der Waals surface area (Å²) in [6.07, 6.45) is 2.17. The van der Waals surface area contributed by atoms with Crippen molar-refractivity contribution in [2.45, 2.75) is 39.2 Å². The largest absolute Gasteiger partial charge is 0.377 e. The van der Waals surface area contributed by atoms with Gasteiger partial charge in [-0.05, 0) is 32.4 Å². The minimum Gasteiger partial charge on any atom is -0.377 e. The number of para-hydroxylation sites is 2. The molecule has 1 aliphatic heterocycles. The molecule has 116 valence electrons. The Morgan fingerprint density at radius 3 is 2.81 bits per heavy atom. The summed E-state index contributed by atoms with van der Waals surface area (Å²) < 4.78 is 0. The molecule has 0 saturated carbocycles. The van der Waals surface area contributed by atoms with E-state index in [1.807, 2.05) is 24.1 Å². The van der Waals surface area contributed by atoms with Crippen LogP contribution >= 0.6 is 0 Å². The van der Waals surface area contributed by atoms with Crippen molar-refractivity contribution in [2.24, 2.45) is 0 Å². The third-order valence-corrected chi connectivity index (χ3v) is 3.90. The molecule has 1 aromatic rings. The summed E-state index contributed by atoms with van der Waals surface area (Å²) in [6, 6.07) is 8.21. The molecular weight excluding hydrogens is 262 g/mol. The highest BCUT2D eigenvalue weighted by atomic mass is 16.2. The van der Waals surface area contributed by atoms with Gasteiger partial charge in [-0.15, -0.1) is 0 Å². The van der Waals surface area contributed by atoms with Crippen molar-refractivity contribution in [3.8, 4) is 0 Å². The number of hydrogen-bond acceptors (Lipinski definition) is 3. The number of nitrogens with zero attached hydrogens (tertiary/aromatic N) is 2. The van der Waals surface area contributed by atoms with Crippen molar-refractivity contribution in [1.29, 1.82) is 0 Å². The zero-order valence-electron chi connectivity index (χ0n) is 13.6. The van der Waals surface area contributed by atoms with Crippen molar-refractivity contribution in [2.75, 3.05) is 36.9 Å². The van der Waals surface area contributed by atoms with E-state index in [1.165, 1.54) is 0 Å². The lowest BCUT2D eigenvalue weighted by molar-refractivity contribution is -0.128. The van der Waals surface area contributed by atoms with Crippen LogP contribution < -0.4 is 10.2 Å². The number of fused-ring (bicyclic) bond motifs is 1. The van der Waals surface area contributed by atoms with E-state index in [2.05, 4.69) is 43.1 Å².